The first kappa shape index (κ1) is 11.8. The molecular formula is C11H16N4O2. The van der Waals surface area contributed by atoms with Crippen LogP contribution in [0.4, 0.5) is 5.95 Å². The highest BCUT2D eigenvalue weighted by molar-refractivity contribution is 5.85. The van der Waals surface area contributed by atoms with E-state index in [1.54, 1.807) is 12.4 Å². The summed E-state index contributed by atoms with van der Waals surface area (Å²) in [5, 5.41) is 11.8. The van der Waals surface area contributed by atoms with Gasteiger partial charge in [-0.3, -0.25) is 4.79 Å². The summed E-state index contributed by atoms with van der Waals surface area (Å²) in [6.45, 7) is 3.21. The molecule has 0 saturated carbocycles. The number of carbonyl (C=O) groups is 1. The molecule has 0 aromatic carbocycles. The number of hydrogen-bond donors (Lipinski definition) is 2. The quantitative estimate of drug-likeness (QED) is 0.752. The van der Waals surface area contributed by atoms with Crippen molar-refractivity contribution in [1.82, 2.24) is 15.3 Å². The number of aromatic nitrogens is 2. The van der Waals surface area contributed by atoms with Gasteiger partial charge in [0.15, 0.2) is 0 Å². The maximum absolute atomic E-state index is 11.7. The highest BCUT2D eigenvalue weighted by Gasteiger charge is 2.29. The van der Waals surface area contributed by atoms with Crippen LogP contribution >= 0.6 is 0 Å². The highest BCUT2D eigenvalue weighted by atomic mass is 16.3. The minimum atomic E-state index is -0.205. The number of carbonyl (C=O) groups excluding carboxylic acids is 1. The van der Waals surface area contributed by atoms with Gasteiger partial charge in [0.2, 0.25) is 11.9 Å². The lowest BCUT2D eigenvalue weighted by Crippen LogP contribution is -2.55. The summed E-state index contributed by atoms with van der Waals surface area (Å²) >= 11 is 0. The summed E-state index contributed by atoms with van der Waals surface area (Å²) in [5.41, 5.74) is 0.670. The van der Waals surface area contributed by atoms with Gasteiger partial charge in [-0.2, -0.15) is 0 Å². The van der Waals surface area contributed by atoms with Gasteiger partial charge in [0.1, 0.15) is 6.04 Å². The van der Waals surface area contributed by atoms with E-state index in [9.17, 15) is 4.79 Å². The summed E-state index contributed by atoms with van der Waals surface area (Å²) in [5.74, 6) is 0.567. The third-order valence-corrected chi connectivity index (χ3v) is 2.85. The molecule has 2 rings (SSSR count). The molecule has 1 unspecified atom stereocenters. The van der Waals surface area contributed by atoms with Crippen LogP contribution in [0.5, 0.6) is 0 Å². The van der Waals surface area contributed by atoms with Crippen LogP contribution in [0.25, 0.3) is 0 Å². The molecule has 2 heterocycles. The van der Waals surface area contributed by atoms with Crippen molar-refractivity contribution in [3.05, 3.63) is 18.0 Å². The number of hydrogen-bond acceptors (Lipinski definition) is 5. The monoisotopic (exact) mass is 236 g/mol. The van der Waals surface area contributed by atoms with Gasteiger partial charge < -0.3 is 15.3 Å². The molecule has 1 amide bonds. The van der Waals surface area contributed by atoms with Crippen molar-refractivity contribution < 1.29 is 9.90 Å². The van der Waals surface area contributed by atoms with Gasteiger partial charge in [0.25, 0.3) is 0 Å². The molecule has 6 nitrogen and oxygen atoms in total. The Morgan fingerprint density at radius 3 is 2.82 bits per heavy atom. The summed E-state index contributed by atoms with van der Waals surface area (Å²) < 4.78 is 0. The van der Waals surface area contributed by atoms with Gasteiger partial charge >= 0.3 is 0 Å². The van der Waals surface area contributed by atoms with Gasteiger partial charge in [-0.1, -0.05) is 6.92 Å². The van der Waals surface area contributed by atoms with Gasteiger partial charge in [0, 0.05) is 31.0 Å². The van der Waals surface area contributed by atoms with Gasteiger partial charge in [-0.05, 0) is 6.42 Å². The lowest BCUT2D eigenvalue weighted by molar-refractivity contribution is -0.123. The van der Waals surface area contributed by atoms with Crippen LogP contribution in [0.2, 0.25) is 0 Å². The SMILES string of the molecule is CCC1C(=O)NCCN1c1ncc(CO)cn1. The van der Waals surface area contributed by atoms with Crippen LogP contribution in [-0.4, -0.2) is 40.1 Å². The second-order valence-corrected chi connectivity index (χ2v) is 3.96. The van der Waals surface area contributed by atoms with Gasteiger partial charge in [-0.15, -0.1) is 0 Å². The molecule has 1 saturated heterocycles. The van der Waals surface area contributed by atoms with E-state index < -0.39 is 0 Å². The Hall–Kier alpha value is -1.69. The fraction of sp³-hybridized carbons (Fsp3) is 0.545. The number of aliphatic hydroxyl groups excluding tert-OH is 1. The van der Waals surface area contributed by atoms with Crippen molar-refractivity contribution >= 4 is 11.9 Å². The van der Waals surface area contributed by atoms with Crippen LogP contribution in [0.3, 0.4) is 0 Å². The Bertz CT molecular complexity index is 393. The number of rotatable bonds is 3. The third-order valence-electron chi connectivity index (χ3n) is 2.85. The second-order valence-electron chi connectivity index (χ2n) is 3.96. The van der Waals surface area contributed by atoms with Crippen molar-refractivity contribution in [2.24, 2.45) is 0 Å². The van der Waals surface area contributed by atoms with E-state index in [4.69, 9.17) is 5.11 Å². The predicted octanol–water partition coefficient (Wildman–Crippen LogP) is -0.316. The van der Waals surface area contributed by atoms with Crippen molar-refractivity contribution in [2.45, 2.75) is 26.0 Å². The van der Waals surface area contributed by atoms with E-state index in [0.717, 1.165) is 6.42 Å². The zero-order chi connectivity index (χ0) is 12.3. The zero-order valence-corrected chi connectivity index (χ0v) is 9.76. The molecule has 0 spiro atoms. The minimum absolute atomic E-state index is 0.0218. The fourth-order valence-corrected chi connectivity index (χ4v) is 1.94. The molecule has 0 radical (unpaired) electrons. The summed E-state index contributed by atoms with van der Waals surface area (Å²) in [6.07, 6.45) is 3.89. The molecule has 1 aliphatic rings. The van der Waals surface area contributed by atoms with Crippen LogP contribution in [-0.2, 0) is 11.4 Å². The van der Waals surface area contributed by atoms with Crippen molar-refractivity contribution in [1.29, 1.82) is 0 Å². The summed E-state index contributed by atoms with van der Waals surface area (Å²) in [6, 6.07) is -0.205. The Kier molecular flexibility index (Phi) is 3.53. The van der Waals surface area contributed by atoms with Crippen molar-refractivity contribution in [3.63, 3.8) is 0 Å². The second kappa shape index (κ2) is 5.09. The molecule has 6 heteroatoms. The number of piperazine rings is 1. The van der Waals surface area contributed by atoms with Crippen LogP contribution in [0.1, 0.15) is 18.9 Å². The lowest BCUT2D eigenvalue weighted by atomic mass is 10.1. The van der Waals surface area contributed by atoms with Crippen LogP contribution < -0.4 is 10.2 Å². The first-order valence-corrected chi connectivity index (χ1v) is 5.72. The molecule has 1 fully saturated rings. The minimum Gasteiger partial charge on any atom is -0.392 e. The molecule has 1 aromatic rings. The fourth-order valence-electron chi connectivity index (χ4n) is 1.94. The smallest absolute Gasteiger partial charge is 0.242 e. The lowest BCUT2D eigenvalue weighted by Gasteiger charge is -2.34. The summed E-state index contributed by atoms with van der Waals surface area (Å²) in [4.78, 5) is 21.9. The average molecular weight is 236 g/mol. The Morgan fingerprint density at radius 1 is 1.53 bits per heavy atom. The molecule has 2 N–H and O–H groups in total. The first-order chi connectivity index (χ1) is 8.26. The number of anilines is 1. The third kappa shape index (κ3) is 2.36. The van der Waals surface area contributed by atoms with Crippen LogP contribution in [0, 0.1) is 0 Å². The van der Waals surface area contributed by atoms with E-state index >= 15 is 0 Å². The average Bonchev–Trinajstić information content (AvgIpc) is 2.38. The number of amides is 1. The van der Waals surface area contributed by atoms with Gasteiger partial charge in [-0.25, -0.2) is 9.97 Å². The molecule has 1 aromatic heterocycles. The molecular weight excluding hydrogens is 220 g/mol. The predicted molar refractivity (Wildman–Crippen MR) is 62.4 cm³/mol. The number of nitrogens with one attached hydrogen (secondary N) is 1. The van der Waals surface area contributed by atoms with E-state index in [2.05, 4.69) is 15.3 Å². The molecule has 1 atom stereocenters. The molecule has 92 valence electrons. The molecule has 0 aliphatic carbocycles. The molecule has 1 aliphatic heterocycles. The topological polar surface area (TPSA) is 78.4 Å². The Balaban J connectivity index is 2.21. The van der Waals surface area contributed by atoms with E-state index in [0.29, 0.717) is 24.6 Å². The highest BCUT2D eigenvalue weighted by Crippen LogP contribution is 2.15. The maximum Gasteiger partial charge on any atom is 0.242 e. The van der Waals surface area contributed by atoms with Crippen molar-refractivity contribution in [3.8, 4) is 0 Å². The van der Waals surface area contributed by atoms with Gasteiger partial charge in [0.05, 0.1) is 6.61 Å². The zero-order valence-electron chi connectivity index (χ0n) is 9.76. The van der Waals surface area contributed by atoms with E-state index in [-0.39, 0.29) is 18.6 Å². The van der Waals surface area contributed by atoms with E-state index in [1.807, 2.05) is 11.8 Å². The summed E-state index contributed by atoms with van der Waals surface area (Å²) in [7, 11) is 0. The number of aliphatic hydroxyl groups is 1. The first-order valence-electron chi connectivity index (χ1n) is 5.72. The van der Waals surface area contributed by atoms with Crippen LogP contribution in [0.15, 0.2) is 12.4 Å². The number of nitrogens with zero attached hydrogens (tertiary/aromatic N) is 3. The van der Waals surface area contributed by atoms with Crippen molar-refractivity contribution in [2.75, 3.05) is 18.0 Å². The molecule has 17 heavy (non-hydrogen) atoms. The standard InChI is InChI=1S/C11H16N4O2/c1-2-9-10(17)12-3-4-15(9)11-13-5-8(7-16)6-14-11/h5-6,9,16H,2-4,7H2,1H3,(H,12,17). The molecule has 0 bridgehead atoms. The normalized spacial score (nSPS) is 20.2. The maximum atomic E-state index is 11.7. The Labute approximate surface area is 99.7 Å². The Morgan fingerprint density at radius 2 is 2.24 bits per heavy atom. The van der Waals surface area contributed by atoms with E-state index in [1.165, 1.54) is 0 Å². The largest absolute Gasteiger partial charge is 0.392 e.